The Morgan fingerprint density at radius 2 is 2.33 bits per heavy atom. The molecule has 1 aromatic rings. The van der Waals surface area contributed by atoms with Gasteiger partial charge in [0.25, 0.3) is 0 Å². The second-order valence-electron chi connectivity index (χ2n) is 4.42. The SMILES string of the molecule is COC1CCCN(c2ccc(C(=O)O)c(F)c2)C1. The lowest BCUT2D eigenvalue weighted by Crippen LogP contribution is -2.39. The highest BCUT2D eigenvalue weighted by molar-refractivity contribution is 5.88. The fourth-order valence-corrected chi connectivity index (χ4v) is 2.24. The predicted molar refractivity (Wildman–Crippen MR) is 65.6 cm³/mol. The minimum Gasteiger partial charge on any atom is -0.478 e. The van der Waals surface area contributed by atoms with Crippen LogP contribution in [-0.2, 0) is 4.74 Å². The molecule has 0 radical (unpaired) electrons. The second kappa shape index (κ2) is 5.35. The molecule has 1 aliphatic heterocycles. The van der Waals surface area contributed by atoms with Gasteiger partial charge in [-0.3, -0.25) is 0 Å². The number of nitrogens with zero attached hydrogens (tertiary/aromatic N) is 1. The quantitative estimate of drug-likeness (QED) is 0.896. The van der Waals surface area contributed by atoms with E-state index in [1.165, 1.54) is 12.1 Å². The molecule has 1 heterocycles. The van der Waals surface area contributed by atoms with Crippen LogP contribution >= 0.6 is 0 Å². The third-order valence-electron chi connectivity index (χ3n) is 3.26. The zero-order chi connectivity index (χ0) is 13.1. The van der Waals surface area contributed by atoms with Crippen molar-refractivity contribution in [1.82, 2.24) is 0 Å². The average Bonchev–Trinajstić information content (AvgIpc) is 2.38. The molecule has 1 atom stereocenters. The van der Waals surface area contributed by atoms with E-state index in [4.69, 9.17) is 9.84 Å². The summed E-state index contributed by atoms with van der Waals surface area (Å²) in [6.07, 6.45) is 2.14. The molecular weight excluding hydrogens is 237 g/mol. The van der Waals surface area contributed by atoms with Crippen molar-refractivity contribution in [2.45, 2.75) is 18.9 Å². The maximum Gasteiger partial charge on any atom is 0.338 e. The van der Waals surface area contributed by atoms with Crippen LogP contribution < -0.4 is 4.90 Å². The first kappa shape index (κ1) is 12.8. The van der Waals surface area contributed by atoms with Gasteiger partial charge in [0.05, 0.1) is 11.7 Å². The number of methoxy groups -OCH3 is 1. The van der Waals surface area contributed by atoms with Gasteiger partial charge in [-0.15, -0.1) is 0 Å². The maximum absolute atomic E-state index is 13.6. The maximum atomic E-state index is 13.6. The summed E-state index contributed by atoms with van der Waals surface area (Å²) in [6.45, 7) is 1.55. The number of carboxylic acids is 1. The van der Waals surface area contributed by atoms with Crippen LogP contribution in [0.15, 0.2) is 18.2 Å². The highest BCUT2D eigenvalue weighted by atomic mass is 19.1. The van der Waals surface area contributed by atoms with Gasteiger partial charge in [0, 0.05) is 25.9 Å². The Morgan fingerprint density at radius 3 is 2.94 bits per heavy atom. The van der Waals surface area contributed by atoms with Crippen LogP contribution in [0.3, 0.4) is 0 Å². The molecular formula is C13H16FNO3. The van der Waals surface area contributed by atoms with Crippen molar-refractivity contribution >= 4 is 11.7 Å². The number of hydrogen-bond donors (Lipinski definition) is 1. The van der Waals surface area contributed by atoms with E-state index in [-0.39, 0.29) is 11.7 Å². The molecule has 18 heavy (non-hydrogen) atoms. The Labute approximate surface area is 105 Å². The average molecular weight is 253 g/mol. The van der Waals surface area contributed by atoms with Gasteiger partial charge < -0.3 is 14.7 Å². The van der Waals surface area contributed by atoms with Gasteiger partial charge in [0.2, 0.25) is 0 Å². The van der Waals surface area contributed by atoms with Crippen LogP contribution in [0.5, 0.6) is 0 Å². The summed E-state index contributed by atoms with van der Waals surface area (Å²) in [6, 6.07) is 4.23. The number of benzene rings is 1. The number of ether oxygens (including phenoxy) is 1. The summed E-state index contributed by atoms with van der Waals surface area (Å²) in [4.78, 5) is 12.8. The molecule has 0 aromatic heterocycles. The third-order valence-corrected chi connectivity index (χ3v) is 3.26. The Balaban J connectivity index is 2.18. The molecule has 1 aromatic carbocycles. The lowest BCUT2D eigenvalue weighted by atomic mass is 10.1. The molecule has 0 spiro atoms. The first-order chi connectivity index (χ1) is 8.61. The van der Waals surface area contributed by atoms with Crippen molar-refractivity contribution in [2.24, 2.45) is 0 Å². The summed E-state index contributed by atoms with van der Waals surface area (Å²) in [5.74, 6) is -1.94. The van der Waals surface area contributed by atoms with Crippen molar-refractivity contribution in [3.8, 4) is 0 Å². The lowest BCUT2D eigenvalue weighted by Gasteiger charge is -2.33. The third kappa shape index (κ3) is 2.61. The molecule has 5 heteroatoms. The lowest BCUT2D eigenvalue weighted by molar-refractivity contribution is 0.0691. The van der Waals surface area contributed by atoms with Crippen LogP contribution in [0.4, 0.5) is 10.1 Å². The second-order valence-corrected chi connectivity index (χ2v) is 4.42. The summed E-state index contributed by atoms with van der Waals surface area (Å²) < 4.78 is 18.9. The number of rotatable bonds is 3. The van der Waals surface area contributed by atoms with E-state index in [1.54, 1.807) is 13.2 Å². The van der Waals surface area contributed by atoms with Gasteiger partial charge in [0.15, 0.2) is 0 Å². The van der Waals surface area contributed by atoms with Gasteiger partial charge in [-0.2, -0.15) is 0 Å². The number of piperidine rings is 1. The molecule has 1 aliphatic rings. The molecule has 1 fully saturated rings. The molecule has 0 bridgehead atoms. The largest absolute Gasteiger partial charge is 0.478 e. The molecule has 0 saturated carbocycles. The number of carbonyl (C=O) groups is 1. The number of hydrogen-bond acceptors (Lipinski definition) is 3. The number of aromatic carboxylic acids is 1. The first-order valence-electron chi connectivity index (χ1n) is 5.92. The Kier molecular flexibility index (Phi) is 3.81. The van der Waals surface area contributed by atoms with Crippen molar-refractivity contribution in [2.75, 3.05) is 25.1 Å². The Hall–Kier alpha value is -1.62. The van der Waals surface area contributed by atoms with E-state index in [9.17, 15) is 9.18 Å². The van der Waals surface area contributed by atoms with Gasteiger partial charge in [-0.05, 0) is 31.0 Å². The van der Waals surface area contributed by atoms with Gasteiger partial charge in [-0.1, -0.05) is 0 Å². The summed E-state index contributed by atoms with van der Waals surface area (Å²) in [5.41, 5.74) is 0.415. The molecule has 0 aliphatic carbocycles. The van der Waals surface area contributed by atoms with E-state index < -0.39 is 11.8 Å². The fourth-order valence-electron chi connectivity index (χ4n) is 2.24. The van der Waals surface area contributed by atoms with Crippen molar-refractivity contribution in [3.63, 3.8) is 0 Å². The van der Waals surface area contributed by atoms with E-state index >= 15 is 0 Å². The summed E-state index contributed by atoms with van der Waals surface area (Å²) in [7, 11) is 1.67. The highest BCUT2D eigenvalue weighted by Gasteiger charge is 2.21. The van der Waals surface area contributed by atoms with Crippen LogP contribution in [0.1, 0.15) is 23.2 Å². The standard InChI is InChI=1S/C13H16FNO3/c1-18-10-3-2-6-15(8-10)9-4-5-11(13(16)17)12(14)7-9/h4-5,7,10H,2-3,6,8H2,1H3,(H,16,17). The number of halogens is 1. The van der Waals surface area contributed by atoms with Gasteiger partial charge in [-0.25, -0.2) is 9.18 Å². The molecule has 0 amide bonds. The number of carboxylic acid groups (broad SMARTS) is 1. The zero-order valence-electron chi connectivity index (χ0n) is 10.2. The molecule has 1 saturated heterocycles. The Bertz CT molecular complexity index is 450. The van der Waals surface area contributed by atoms with Crippen LogP contribution in [0.25, 0.3) is 0 Å². The van der Waals surface area contributed by atoms with Crippen molar-refractivity contribution in [1.29, 1.82) is 0 Å². The van der Waals surface area contributed by atoms with Crippen LogP contribution in [-0.4, -0.2) is 37.4 Å². The topological polar surface area (TPSA) is 49.8 Å². The van der Waals surface area contributed by atoms with Gasteiger partial charge in [0.1, 0.15) is 5.82 Å². The molecule has 2 rings (SSSR count). The summed E-state index contributed by atoms with van der Waals surface area (Å²) >= 11 is 0. The minimum absolute atomic E-state index is 0.154. The summed E-state index contributed by atoms with van der Waals surface area (Å²) in [5, 5.41) is 8.77. The zero-order valence-corrected chi connectivity index (χ0v) is 10.2. The van der Waals surface area contributed by atoms with E-state index in [0.29, 0.717) is 12.2 Å². The Morgan fingerprint density at radius 1 is 1.56 bits per heavy atom. The van der Waals surface area contributed by atoms with Gasteiger partial charge >= 0.3 is 5.97 Å². The van der Waals surface area contributed by atoms with Crippen LogP contribution in [0.2, 0.25) is 0 Å². The molecule has 4 nitrogen and oxygen atoms in total. The predicted octanol–water partition coefficient (Wildman–Crippen LogP) is 2.14. The molecule has 1 N–H and O–H groups in total. The van der Waals surface area contributed by atoms with Crippen molar-refractivity contribution in [3.05, 3.63) is 29.6 Å². The fraction of sp³-hybridized carbons (Fsp3) is 0.462. The monoisotopic (exact) mass is 253 g/mol. The number of anilines is 1. The first-order valence-corrected chi connectivity index (χ1v) is 5.92. The highest BCUT2D eigenvalue weighted by Crippen LogP contribution is 2.23. The normalized spacial score (nSPS) is 19.9. The smallest absolute Gasteiger partial charge is 0.338 e. The minimum atomic E-state index is -1.24. The van der Waals surface area contributed by atoms with Crippen LogP contribution in [0, 0.1) is 5.82 Å². The van der Waals surface area contributed by atoms with Crippen molar-refractivity contribution < 1.29 is 19.0 Å². The van der Waals surface area contributed by atoms with E-state index in [1.807, 2.05) is 4.90 Å². The molecule has 1 unspecified atom stereocenters. The van der Waals surface area contributed by atoms with E-state index in [0.717, 1.165) is 19.4 Å². The van der Waals surface area contributed by atoms with E-state index in [2.05, 4.69) is 0 Å². The molecule has 98 valence electrons.